The molecule has 0 bridgehead atoms. The highest BCUT2D eigenvalue weighted by molar-refractivity contribution is 7.99. The molecule has 0 heterocycles. The molecule has 0 spiro atoms. The third kappa shape index (κ3) is 10.2. The van der Waals surface area contributed by atoms with E-state index in [2.05, 4.69) is 24.5 Å². The number of thioether (sulfide) groups is 1. The standard InChI is InChI=1S/C17H25ClN2O2S/c1-13(2)9-11-23-12-17(22)19-10-3-4-16(21)20-15-7-5-14(18)6-8-15/h5-8,13H,3-4,9-12H2,1-2H3,(H,19,22)(H,20,21). The predicted molar refractivity (Wildman–Crippen MR) is 99.1 cm³/mol. The topological polar surface area (TPSA) is 58.2 Å². The molecule has 1 rings (SSSR count). The van der Waals surface area contributed by atoms with E-state index in [9.17, 15) is 9.59 Å². The van der Waals surface area contributed by atoms with Gasteiger partial charge in [0.2, 0.25) is 11.8 Å². The molecular weight excluding hydrogens is 332 g/mol. The fourth-order valence-electron chi connectivity index (χ4n) is 1.77. The molecule has 1 aromatic carbocycles. The molecule has 0 radical (unpaired) electrons. The zero-order valence-corrected chi connectivity index (χ0v) is 15.3. The highest BCUT2D eigenvalue weighted by atomic mass is 35.5. The third-order valence-electron chi connectivity index (χ3n) is 3.10. The van der Waals surface area contributed by atoms with E-state index >= 15 is 0 Å². The lowest BCUT2D eigenvalue weighted by Gasteiger charge is -2.07. The average Bonchev–Trinajstić information content (AvgIpc) is 2.50. The van der Waals surface area contributed by atoms with Gasteiger partial charge in [0.1, 0.15) is 0 Å². The van der Waals surface area contributed by atoms with Crippen LogP contribution in [0.2, 0.25) is 5.02 Å². The Kier molecular flexibility index (Phi) is 9.80. The van der Waals surface area contributed by atoms with Crippen molar-refractivity contribution in [2.24, 2.45) is 5.92 Å². The Morgan fingerprint density at radius 1 is 1.17 bits per heavy atom. The lowest BCUT2D eigenvalue weighted by atomic mass is 10.2. The number of rotatable bonds is 10. The molecule has 2 amide bonds. The lowest BCUT2D eigenvalue weighted by Crippen LogP contribution is -2.27. The minimum Gasteiger partial charge on any atom is -0.355 e. The molecule has 0 aliphatic carbocycles. The van der Waals surface area contributed by atoms with Gasteiger partial charge in [-0.05, 0) is 48.8 Å². The Morgan fingerprint density at radius 3 is 2.52 bits per heavy atom. The Labute approximate surface area is 147 Å². The van der Waals surface area contributed by atoms with Crippen LogP contribution in [0.25, 0.3) is 0 Å². The average molecular weight is 357 g/mol. The second-order valence-corrected chi connectivity index (χ2v) is 7.29. The Bertz CT molecular complexity index is 492. The van der Waals surface area contributed by atoms with Crippen molar-refractivity contribution in [3.8, 4) is 0 Å². The summed E-state index contributed by atoms with van der Waals surface area (Å²) in [5, 5.41) is 6.27. The number of carbonyl (C=O) groups excluding carboxylic acids is 2. The molecule has 0 saturated heterocycles. The number of amides is 2. The quantitative estimate of drug-likeness (QED) is 0.624. The SMILES string of the molecule is CC(C)CCSCC(=O)NCCCC(=O)Nc1ccc(Cl)cc1. The normalized spacial score (nSPS) is 10.6. The van der Waals surface area contributed by atoms with Crippen LogP contribution in [0.4, 0.5) is 5.69 Å². The van der Waals surface area contributed by atoms with Crippen LogP contribution in [0.3, 0.4) is 0 Å². The van der Waals surface area contributed by atoms with Crippen molar-refractivity contribution < 1.29 is 9.59 Å². The molecule has 0 saturated carbocycles. The molecule has 0 aliphatic heterocycles. The first-order valence-electron chi connectivity index (χ1n) is 7.87. The first-order chi connectivity index (χ1) is 11.0. The summed E-state index contributed by atoms with van der Waals surface area (Å²) in [6, 6.07) is 6.98. The number of benzene rings is 1. The molecule has 0 aliphatic rings. The van der Waals surface area contributed by atoms with Gasteiger partial charge in [-0.1, -0.05) is 25.4 Å². The monoisotopic (exact) mass is 356 g/mol. The molecule has 0 aromatic heterocycles. The maximum Gasteiger partial charge on any atom is 0.229 e. The van der Waals surface area contributed by atoms with Gasteiger partial charge in [-0.3, -0.25) is 9.59 Å². The third-order valence-corrected chi connectivity index (χ3v) is 4.35. The maximum atomic E-state index is 11.8. The summed E-state index contributed by atoms with van der Waals surface area (Å²) in [6.07, 6.45) is 2.13. The summed E-state index contributed by atoms with van der Waals surface area (Å²) in [5.74, 6) is 2.15. The van der Waals surface area contributed by atoms with Gasteiger partial charge in [0.05, 0.1) is 5.75 Å². The second-order valence-electron chi connectivity index (χ2n) is 5.74. The van der Waals surface area contributed by atoms with Crippen molar-refractivity contribution in [2.75, 3.05) is 23.4 Å². The Hall–Kier alpha value is -1.20. The molecule has 0 unspecified atom stereocenters. The van der Waals surface area contributed by atoms with Crippen molar-refractivity contribution in [3.63, 3.8) is 0 Å². The van der Waals surface area contributed by atoms with Crippen molar-refractivity contribution in [3.05, 3.63) is 29.3 Å². The summed E-state index contributed by atoms with van der Waals surface area (Å²) in [7, 11) is 0. The van der Waals surface area contributed by atoms with E-state index < -0.39 is 0 Å². The van der Waals surface area contributed by atoms with Gasteiger partial charge >= 0.3 is 0 Å². The van der Waals surface area contributed by atoms with E-state index in [0.717, 1.165) is 17.9 Å². The minimum absolute atomic E-state index is 0.0388. The van der Waals surface area contributed by atoms with Crippen LogP contribution in [-0.2, 0) is 9.59 Å². The number of hydrogen-bond donors (Lipinski definition) is 2. The number of anilines is 1. The highest BCUT2D eigenvalue weighted by Gasteiger charge is 2.04. The van der Waals surface area contributed by atoms with E-state index in [0.29, 0.717) is 36.1 Å². The van der Waals surface area contributed by atoms with Crippen molar-refractivity contribution in [2.45, 2.75) is 33.1 Å². The van der Waals surface area contributed by atoms with Crippen molar-refractivity contribution in [1.82, 2.24) is 5.32 Å². The lowest BCUT2D eigenvalue weighted by molar-refractivity contribution is -0.119. The van der Waals surface area contributed by atoms with Crippen LogP contribution >= 0.6 is 23.4 Å². The molecule has 2 N–H and O–H groups in total. The first-order valence-corrected chi connectivity index (χ1v) is 9.40. The zero-order valence-electron chi connectivity index (χ0n) is 13.7. The summed E-state index contributed by atoms with van der Waals surface area (Å²) in [4.78, 5) is 23.4. The van der Waals surface area contributed by atoms with E-state index in [4.69, 9.17) is 11.6 Å². The van der Waals surface area contributed by atoms with Gasteiger partial charge in [-0.15, -0.1) is 0 Å². The summed E-state index contributed by atoms with van der Waals surface area (Å²) < 4.78 is 0. The fourth-order valence-corrected chi connectivity index (χ4v) is 2.96. The number of hydrogen-bond acceptors (Lipinski definition) is 3. The van der Waals surface area contributed by atoms with Crippen LogP contribution in [-0.4, -0.2) is 29.9 Å². The molecule has 23 heavy (non-hydrogen) atoms. The summed E-state index contributed by atoms with van der Waals surface area (Å²) in [6.45, 7) is 4.88. The van der Waals surface area contributed by atoms with Crippen LogP contribution in [0.15, 0.2) is 24.3 Å². The van der Waals surface area contributed by atoms with Crippen LogP contribution in [0.1, 0.15) is 33.1 Å². The zero-order chi connectivity index (χ0) is 17.1. The second kappa shape index (κ2) is 11.4. The van der Waals surface area contributed by atoms with Gasteiger partial charge < -0.3 is 10.6 Å². The predicted octanol–water partition coefficient (Wildman–Crippen LogP) is 3.95. The van der Waals surface area contributed by atoms with E-state index in [1.54, 1.807) is 36.0 Å². The molecule has 1 aromatic rings. The Morgan fingerprint density at radius 2 is 1.87 bits per heavy atom. The van der Waals surface area contributed by atoms with E-state index in [1.165, 1.54) is 0 Å². The molecule has 4 nitrogen and oxygen atoms in total. The summed E-state index contributed by atoms with van der Waals surface area (Å²) >= 11 is 7.44. The van der Waals surface area contributed by atoms with Crippen LogP contribution in [0, 0.1) is 5.92 Å². The fraction of sp³-hybridized carbons (Fsp3) is 0.529. The van der Waals surface area contributed by atoms with Gasteiger partial charge in [0.15, 0.2) is 0 Å². The number of carbonyl (C=O) groups is 2. The van der Waals surface area contributed by atoms with Gasteiger partial charge in [0, 0.05) is 23.7 Å². The summed E-state index contributed by atoms with van der Waals surface area (Å²) in [5.41, 5.74) is 0.727. The Balaban J connectivity index is 2.06. The first kappa shape index (κ1) is 19.8. The molecule has 128 valence electrons. The highest BCUT2D eigenvalue weighted by Crippen LogP contribution is 2.13. The van der Waals surface area contributed by atoms with E-state index in [-0.39, 0.29) is 11.8 Å². The van der Waals surface area contributed by atoms with Crippen LogP contribution < -0.4 is 10.6 Å². The smallest absolute Gasteiger partial charge is 0.229 e. The number of halogens is 1. The minimum atomic E-state index is -0.0621. The van der Waals surface area contributed by atoms with Crippen LogP contribution in [0.5, 0.6) is 0 Å². The van der Waals surface area contributed by atoms with Gasteiger partial charge in [-0.25, -0.2) is 0 Å². The molecule has 0 fully saturated rings. The molecular formula is C17H25ClN2O2S. The van der Waals surface area contributed by atoms with E-state index in [1.807, 2.05) is 0 Å². The van der Waals surface area contributed by atoms with Gasteiger partial charge in [-0.2, -0.15) is 11.8 Å². The molecule has 0 atom stereocenters. The van der Waals surface area contributed by atoms with Crippen molar-refractivity contribution >= 4 is 40.9 Å². The molecule has 6 heteroatoms. The van der Waals surface area contributed by atoms with Gasteiger partial charge in [0.25, 0.3) is 0 Å². The number of nitrogens with one attached hydrogen (secondary N) is 2. The maximum absolute atomic E-state index is 11.8. The largest absolute Gasteiger partial charge is 0.355 e. The van der Waals surface area contributed by atoms with Crippen molar-refractivity contribution in [1.29, 1.82) is 0 Å².